The van der Waals surface area contributed by atoms with Crippen molar-refractivity contribution in [3.8, 4) is 0 Å². The van der Waals surface area contributed by atoms with Crippen LogP contribution in [0.3, 0.4) is 0 Å². The van der Waals surface area contributed by atoms with E-state index in [9.17, 15) is 4.79 Å². The number of rotatable bonds is 2. The molecule has 1 aromatic rings. The minimum atomic E-state index is -0.240. The number of nitrogens with two attached hydrogens (primary N) is 1. The van der Waals surface area contributed by atoms with E-state index in [1.807, 2.05) is 0 Å². The second-order valence-corrected chi connectivity index (χ2v) is 2.37. The molecule has 1 rings (SSSR count). The highest BCUT2D eigenvalue weighted by molar-refractivity contribution is 6.33. The summed E-state index contributed by atoms with van der Waals surface area (Å²) >= 11 is 5.66. The van der Waals surface area contributed by atoms with E-state index in [2.05, 4.69) is 4.98 Å². The quantitative estimate of drug-likeness (QED) is 0.671. The van der Waals surface area contributed by atoms with E-state index in [0.29, 0.717) is 5.02 Å². The van der Waals surface area contributed by atoms with Gasteiger partial charge in [-0.05, 0) is 12.1 Å². The van der Waals surface area contributed by atoms with Crippen molar-refractivity contribution in [2.75, 3.05) is 6.54 Å². The molecule has 11 heavy (non-hydrogen) atoms. The van der Waals surface area contributed by atoms with Crippen molar-refractivity contribution in [1.82, 2.24) is 4.98 Å². The normalized spacial score (nSPS) is 9.64. The van der Waals surface area contributed by atoms with E-state index in [1.165, 1.54) is 6.20 Å². The Morgan fingerprint density at radius 2 is 2.45 bits per heavy atom. The number of ketones is 1. The van der Waals surface area contributed by atoms with Crippen molar-refractivity contribution < 1.29 is 4.79 Å². The van der Waals surface area contributed by atoms with Gasteiger partial charge in [-0.3, -0.25) is 9.78 Å². The monoisotopic (exact) mass is 170 g/mol. The van der Waals surface area contributed by atoms with Crippen LogP contribution in [0.15, 0.2) is 18.3 Å². The fraction of sp³-hybridized carbons (Fsp3) is 0.143. The molecule has 0 saturated carbocycles. The Bertz CT molecular complexity index is 275. The van der Waals surface area contributed by atoms with Gasteiger partial charge in [-0.1, -0.05) is 11.6 Å². The van der Waals surface area contributed by atoms with E-state index in [0.717, 1.165) is 0 Å². The van der Waals surface area contributed by atoms with Crippen LogP contribution in [-0.4, -0.2) is 17.3 Å². The topological polar surface area (TPSA) is 56.0 Å². The van der Waals surface area contributed by atoms with Gasteiger partial charge in [-0.25, -0.2) is 0 Å². The maximum absolute atomic E-state index is 11.0. The third-order valence-electron chi connectivity index (χ3n) is 1.21. The summed E-state index contributed by atoms with van der Waals surface area (Å²) < 4.78 is 0. The third kappa shape index (κ3) is 1.76. The van der Waals surface area contributed by atoms with Crippen LogP contribution in [0.2, 0.25) is 5.02 Å². The summed E-state index contributed by atoms with van der Waals surface area (Å²) in [5.74, 6) is -0.240. The highest BCUT2D eigenvalue weighted by Gasteiger charge is 2.07. The molecule has 0 spiro atoms. The first-order chi connectivity index (χ1) is 5.25. The Kier molecular flexibility index (Phi) is 2.57. The van der Waals surface area contributed by atoms with Gasteiger partial charge in [0.2, 0.25) is 0 Å². The average Bonchev–Trinajstić information content (AvgIpc) is 2.04. The maximum Gasteiger partial charge on any atom is 0.196 e. The Labute approximate surface area is 69.2 Å². The minimum Gasteiger partial charge on any atom is -0.324 e. The molecule has 0 amide bonds. The van der Waals surface area contributed by atoms with Gasteiger partial charge < -0.3 is 5.73 Å². The van der Waals surface area contributed by atoms with Crippen molar-refractivity contribution in [2.45, 2.75) is 0 Å². The first kappa shape index (κ1) is 8.17. The van der Waals surface area contributed by atoms with Gasteiger partial charge in [0, 0.05) is 6.20 Å². The molecule has 0 aliphatic heterocycles. The number of nitrogens with zero attached hydrogens (tertiary/aromatic N) is 1. The molecular weight excluding hydrogens is 164 g/mol. The molecule has 0 fully saturated rings. The fourth-order valence-electron chi connectivity index (χ4n) is 0.688. The molecule has 1 aromatic heterocycles. The van der Waals surface area contributed by atoms with Gasteiger partial charge in [0.25, 0.3) is 0 Å². The van der Waals surface area contributed by atoms with E-state index >= 15 is 0 Å². The van der Waals surface area contributed by atoms with Gasteiger partial charge in [-0.15, -0.1) is 0 Å². The average molecular weight is 171 g/mol. The Hall–Kier alpha value is -0.930. The van der Waals surface area contributed by atoms with Crippen LogP contribution >= 0.6 is 11.6 Å². The molecule has 0 aliphatic carbocycles. The molecular formula is C7H7ClN2O. The smallest absolute Gasteiger partial charge is 0.196 e. The van der Waals surface area contributed by atoms with Crippen LogP contribution in [0, 0.1) is 0 Å². The molecule has 0 saturated heterocycles. The number of carbonyl (C=O) groups is 1. The summed E-state index contributed by atoms with van der Waals surface area (Å²) in [6.07, 6.45) is 1.51. The van der Waals surface area contributed by atoms with Crippen LogP contribution in [0.5, 0.6) is 0 Å². The van der Waals surface area contributed by atoms with Crippen molar-refractivity contribution in [3.05, 3.63) is 29.0 Å². The van der Waals surface area contributed by atoms with Gasteiger partial charge in [0.15, 0.2) is 5.78 Å². The van der Waals surface area contributed by atoms with Crippen molar-refractivity contribution in [1.29, 1.82) is 0 Å². The summed E-state index contributed by atoms with van der Waals surface area (Å²) in [5, 5.41) is 0.350. The molecule has 0 radical (unpaired) electrons. The fourth-order valence-corrected chi connectivity index (χ4v) is 0.914. The number of hydrogen-bond acceptors (Lipinski definition) is 3. The highest BCUT2D eigenvalue weighted by Crippen LogP contribution is 2.11. The third-order valence-corrected chi connectivity index (χ3v) is 1.51. The second-order valence-electron chi connectivity index (χ2n) is 1.96. The highest BCUT2D eigenvalue weighted by atomic mass is 35.5. The number of aromatic nitrogens is 1. The van der Waals surface area contributed by atoms with Crippen molar-refractivity contribution in [3.63, 3.8) is 0 Å². The lowest BCUT2D eigenvalue weighted by Gasteiger charge is -1.97. The molecule has 2 N–H and O–H groups in total. The van der Waals surface area contributed by atoms with E-state index in [1.54, 1.807) is 12.1 Å². The molecule has 0 aliphatic rings. The molecule has 58 valence electrons. The molecule has 0 bridgehead atoms. The van der Waals surface area contributed by atoms with E-state index < -0.39 is 0 Å². The van der Waals surface area contributed by atoms with Crippen molar-refractivity contribution >= 4 is 17.4 Å². The lowest BCUT2D eigenvalue weighted by atomic mass is 10.2. The zero-order valence-electron chi connectivity index (χ0n) is 5.75. The number of carbonyl (C=O) groups excluding carboxylic acids is 1. The van der Waals surface area contributed by atoms with Gasteiger partial charge >= 0.3 is 0 Å². The summed E-state index contributed by atoms with van der Waals surface area (Å²) in [5.41, 5.74) is 5.37. The maximum atomic E-state index is 11.0. The Balaban J connectivity index is 3.03. The Morgan fingerprint density at radius 1 is 1.73 bits per heavy atom. The molecule has 1 heterocycles. The summed E-state index contributed by atoms with van der Waals surface area (Å²) in [6.45, 7) is -0.0588. The van der Waals surface area contributed by atoms with E-state index in [4.69, 9.17) is 17.3 Å². The predicted octanol–water partition coefficient (Wildman–Crippen LogP) is 0.876. The largest absolute Gasteiger partial charge is 0.324 e. The molecule has 4 heteroatoms. The summed E-state index contributed by atoms with van der Waals surface area (Å²) in [4.78, 5) is 14.7. The standard InChI is InChI=1S/C7H7ClN2O/c8-5-2-1-3-10-7(5)6(11)4-9/h1-3H,4,9H2. The number of pyridine rings is 1. The number of Topliss-reactive ketones (excluding diaryl/α,β-unsaturated/α-hetero) is 1. The first-order valence-electron chi connectivity index (χ1n) is 3.09. The first-order valence-corrected chi connectivity index (χ1v) is 3.47. The molecule has 0 aromatic carbocycles. The zero-order valence-corrected chi connectivity index (χ0v) is 6.51. The lowest BCUT2D eigenvalue weighted by Crippen LogP contribution is -2.15. The number of halogens is 1. The van der Waals surface area contributed by atoms with Crippen LogP contribution in [0.4, 0.5) is 0 Å². The van der Waals surface area contributed by atoms with Crippen LogP contribution < -0.4 is 5.73 Å². The van der Waals surface area contributed by atoms with Crippen LogP contribution in [0.1, 0.15) is 10.5 Å². The van der Waals surface area contributed by atoms with Gasteiger partial charge in [0.05, 0.1) is 11.6 Å². The van der Waals surface area contributed by atoms with Crippen molar-refractivity contribution in [2.24, 2.45) is 5.73 Å². The SMILES string of the molecule is NCC(=O)c1ncccc1Cl. The lowest BCUT2D eigenvalue weighted by molar-refractivity contribution is 0.0997. The van der Waals surface area contributed by atoms with Gasteiger partial charge in [-0.2, -0.15) is 0 Å². The van der Waals surface area contributed by atoms with Crippen LogP contribution in [-0.2, 0) is 0 Å². The summed E-state index contributed by atoms with van der Waals surface area (Å²) in [7, 11) is 0. The molecule has 0 atom stereocenters. The zero-order chi connectivity index (χ0) is 8.27. The molecule has 3 nitrogen and oxygen atoms in total. The van der Waals surface area contributed by atoms with E-state index in [-0.39, 0.29) is 18.0 Å². The van der Waals surface area contributed by atoms with Gasteiger partial charge in [0.1, 0.15) is 5.69 Å². The minimum absolute atomic E-state index is 0.0588. The Morgan fingerprint density at radius 3 is 3.00 bits per heavy atom. The predicted molar refractivity (Wildman–Crippen MR) is 42.6 cm³/mol. The number of hydrogen-bond donors (Lipinski definition) is 1. The van der Waals surface area contributed by atoms with Crippen LogP contribution in [0.25, 0.3) is 0 Å². The molecule has 0 unspecified atom stereocenters. The summed E-state index contributed by atoms with van der Waals surface area (Å²) in [6, 6.07) is 3.27. The second kappa shape index (κ2) is 3.46.